The normalized spacial score (nSPS) is 24.3. The highest BCUT2D eigenvalue weighted by atomic mass is 32.1. The van der Waals surface area contributed by atoms with Crippen molar-refractivity contribution in [2.75, 3.05) is 11.1 Å². The number of aromatic nitrogens is 2. The van der Waals surface area contributed by atoms with Gasteiger partial charge in [0.2, 0.25) is 5.95 Å². The zero-order valence-electron chi connectivity index (χ0n) is 9.81. The first-order valence-corrected chi connectivity index (χ1v) is 6.89. The highest BCUT2D eigenvalue weighted by Gasteiger charge is 2.24. The van der Waals surface area contributed by atoms with Gasteiger partial charge in [-0.3, -0.25) is 0 Å². The minimum absolute atomic E-state index is 0.355. The molecule has 2 atom stereocenters. The van der Waals surface area contributed by atoms with Crippen LogP contribution in [0.5, 0.6) is 0 Å². The van der Waals surface area contributed by atoms with E-state index in [9.17, 15) is 0 Å². The molecule has 0 spiro atoms. The van der Waals surface area contributed by atoms with Gasteiger partial charge in [0.1, 0.15) is 10.6 Å². The summed E-state index contributed by atoms with van der Waals surface area (Å²) in [6.07, 6.45) is 3.81. The Balaban J connectivity index is 1.96. The molecule has 3 N–H and O–H groups in total. The fourth-order valence-corrected chi connectivity index (χ4v) is 3.29. The van der Waals surface area contributed by atoms with E-state index in [0.29, 0.717) is 17.9 Å². The first-order chi connectivity index (χ1) is 8.24. The topological polar surface area (TPSA) is 63.8 Å². The Morgan fingerprint density at radius 3 is 3.06 bits per heavy atom. The van der Waals surface area contributed by atoms with E-state index in [1.165, 1.54) is 19.3 Å². The molecule has 2 aromatic heterocycles. The van der Waals surface area contributed by atoms with E-state index in [-0.39, 0.29) is 0 Å². The van der Waals surface area contributed by atoms with Gasteiger partial charge in [-0.2, -0.15) is 4.98 Å². The number of fused-ring (bicyclic) bond motifs is 1. The third-order valence-electron chi connectivity index (χ3n) is 3.53. The van der Waals surface area contributed by atoms with Crippen LogP contribution >= 0.6 is 11.3 Å². The molecule has 2 heterocycles. The molecule has 1 saturated carbocycles. The summed E-state index contributed by atoms with van der Waals surface area (Å²) < 4.78 is 0. The molecule has 3 rings (SSSR count). The average molecular weight is 248 g/mol. The van der Waals surface area contributed by atoms with Crippen molar-refractivity contribution in [1.29, 1.82) is 0 Å². The Kier molecular flexibility index (Phi) is 2.63. The minimum atomic E-state index is 0.355. The predicted molar refractivity (Wildman–Crippen MR) is 72.3 cm³/mol. The van der Waals surface area contributed by atoms with E-state index in [2.05, 4.69) is 28.3 Å². The SMILES string of the molecule is CC1CCCC1Nc1nc(N)nc2sccc12. The van der Waals surface area contributed by atoms with Crippen LogP contribution in [0.25, 0.3) is 10.2 Å². The number of anilines is 2. The fraction of sp³-hybridized carbons (Fsp3) is 0.500. The second-order valence-corrected chi connectivity index (χ2v) is 5.62. The molecular formula is C12H16N4S. The van der Waals surface area contributed by atoms with Crippen LogP contribution in [-0.2, 0) is 0 Å². The highest BCUT2D eigenvalue weighted by Crippen LogP contribution is 2.31. The number of rotatable bonds is 2. The molecule has 2 aromatic rings. The van der Waals surface area contributed by atoms with Gasteiger partial charge in [-0.15, -0.1) is 11.3 Å². The summed E-state index contributed by atoms with van der Waals surface area (Å²) in [6.45, 7) is 2.29. The van der Waals surface area contributed by atoms with E-state index in [1.54, 1.807) is 11.3 Å². The molecule has 1 aliphatic rings. The fourth-order valence-electron chi connectivity index (χ4n) is 2.52. The van der Waals surface area contributed by atoms with Gasteiger partial charge < -0.3 is 11.1 Å². The van der Waals surface area contributed by atoms with Crippen LogP contribution in [0.3, 0.4) is 0 Å². The van der Waals surface area contributed by atoms with Crippen molar-refractivity contribution in [2.45, 2.75) is 32.2 Å². The molecule has 0 aliphatic heterocycles. The largest absolute Gasteiger partial charge is 0.368 e. The summed E-state index contributed by atoms with van der Waals surface area (Å²) >= 11 is 1.60. The molecule has 5 heteroatoms. The molecule has 0 aromatic carbocycles. The van der Waals surface area contributed by atoms with Crippen LogP contribution in [0.2, 0.25) is 0 Å². The Hall–Kier alpha value is -1.36. The van der Waals surface area contributed by atoms with Crippen molar-refractivity contribution in [2.24, 2.45) is 5.92 Å². The molecule has 1 aliphatic carbocycles. The van der Waals surface area contributed by atoms with E-state index in [0.717, 1.165) is 16.0 Å². The summed E-state index contributed by atoms with van der Waals surface area (Å²) in [5.41, 5.74) is 5.74. The highest BCUT2D eigenvalue weighted by molar-refractivity contribution is 7.16. The van der Waals surface area contributed by atoms with Crippen LogP contribution in [0.1, 0.15) is 26.2 Å². The zero-order chi connectivity index (χ0) is 11.8. The molecule has 17 heavy (non-hydrogen) atoms. The maximum absolute atomic E-state index is 5.74. The number of nitrogens with zero attached hydrogens (tertiary/aromatic N) is 2. The Morgan fingerprint density at radius 1 is 1.41 bits per heavy atom. The number of hydrogen-bond acceptors (Lipinski definition) is 5. The smallest absolute Gasteiger partial charge is 0.223 e. The van der Waals surface area contributed by atoms with Gasteiger partial charge in [-0.25, -0.2) is 4.98 Å². The van der Waals surface area contributed by atoms with Gasteiger partial charge in [-0.1, -0.05) is 13.3 Å². The zero-order valence-corrected chi connectivity index (χ0v) is 10.6. The van der Waals surface area contributed by atoms with Crippen LogP contribution in [0, 0.1) is 5.92 Å². The Morgan fingerprint density at radius 2 is 2.29 bits per heavy atom. The number of hydrogen-bond donors (Lipinski definition) is 2. The van der Waals surface area contributed by atoms with Gasteiger partial charge in [0, 0.05) is 6.04 Å². The maximum atomic E-state index is 5.74. The maximum Gasteiger partial charge on any atom is 0.223 e. The lowest BCUT2D eigenvalue weighted by molar-refractivity contribution is 0.555. The number of nitrogens with one attached hydrogen (secondary N) is 1. The molecule has 0 bridgehead atoms. The lowest BCUT2D eigenvalue weighted by Gasteiger charge is -2.18. The van der Waals surface area contributed by atoms with Crippen molar-refractivity contribution in [1.82, 2.24) is 9.97 Å². The van der Waals surface area contributed by atoms with Crippen molar-refractivity contribution >= 4 is 33.3 Å². The summed E-state index contributed by atoms with van der Waals surface area (Å²) in [5.74, 6) is 1.96. The van der Waals surface area contributed by atoms with Crippen molar-refractivity contribution in [3.05, 3.63) is 11.4 Å². The van der Waals surface area contributed by atoms with Gasteiger partial charge in [-0.05, 0) is 30.2 Å². The number of nitrogen functional groups attached to an aromatic ring is 1. The summed E-state index contributed by atoms with van der Waals surface area (Å²) in [5, 5.41) is 6.65. The molecule has 90 valence electrons. The van der Waals surface area contributed by atoms with Crippen LogP contribution < -0.4 is 11.1 Å². The van der Waals surface area contributed by atoms with Gasteiger partial charge in [0.05, 0.1) is 5.39 Å². The first kappa shape index (κ1) is 10.8. The Labute approximate surface area is 104 Å². The van der Waals surface area contributed by atoms with Crippen LogP contribution in [0.4, 0.5) is 11.8 Å². The van der Waals surface area contributed by atoms with Crippen molar-refractivity contribution in [3.63, 3.8) is 0 Å². The van der Waals surface area contributed by atoms with Crippen LogP contribution in [0.15, 0.2) is 11.4 Å². The van der Waals surface area contributed by atoms with E-state index in [1.807, 2.05) is 5.38 Å². The quantitative estimate of drug-likeness (QED) is 0.857. The number of nitrogens with two attached hydrogens (primary N) is 1. The van der Waals surface area contributed by atoms with Gasteiger partial charge in [0.15, 0.2) is 0 Å². The molecule has 1 fully saturated rings. The Bertz CT molecular complexity index is 536. The minimum Gasteiger partial charge on any atom is -0.368 e. The molecular weight excluding hydrogens is 232 g/mol. The van der Waals surface area contributed by atoms with Gasteiger partial charge >= 0.3 is 0 Å². The average Bonchev–Trinajstić information content (AvgIpc) is 2.88. The van der Waals surface area contributed by atoms with Crippen LogP contribution in [-0.4, -0.2) is 16.0 Å². The lowest BCUT2D eigenvalue weighted by Crippen LogP contribution is -2.22. The third kappa shape index (κ3) is 1.95. The van der Waals surface area contributed by atoms with Crippen molar-refractivity contribution in [3.8, 4) is 0 Å². The van der Waals surface area contributed by atoms with E-state index in [4.69, 9.17) is 5.73 Å². The van der Waals surface area contributed by atoms with E-state index >= 15 is 0 Å². The second-order valence-electron chi connectivity index (χ2n) is 4.73. The van der Waals surface area contributed by atoms with Gasteiger partial charge in [0.25, 0.3) is 0 Å². The van der Waals surface area contributed by atoms with E-state index < -0.39 is 0 Å². The predicted octanol–water partition coefficient (Wildman–Crippen LogP) is 2.87. The molecule has 0 radical (unpaired) electrons. The lowest BCUT2D eigenvalue weighted by atomic mass is 10.1. The summed E-state index contributed by atoms with van der Waals surface area (Å²) in [4.78, 5) is 9.53. The number of thiophene rings is 1. The first-order valence-electron chi connectivity index (χ1n) is 6.01. The third-order valence-corrected chi connectivity index (χ3v) is 4.33. The molecule has 0 saturated heterocycles. The molecule has 0 amide bonds. The molecule has 4 nitrogen and oxygen atoms in total. The second kappa shape index (κ2) is 4.14. The summed E-state index contributed by atoms with van der Waals surface area (Å²) in [7, 11) is 0. The monoisotopic (exact) mass is 248 g/mol. The van der Waals surface area contributed by atoms with Crippen molar-refractivity contribution < 1.29 is 0 Å². The standard InChI is InChI=1S/C12H16N4S/c1-7-3-2-4-9(7)14-10-8-5-6-17-11(8)16-12(13)15-10/h5-7,9H,2-4H2,1H3,(H3,13,14,15,16). The summed E-state index contributed by atoms with van der Waals surface area (Å²) in [6, 6.07) is 2.58. The molecule has 2 unspecified atom stereocenters.